The van der Waals surface area contributed by atoms with Crippen LogP contribution in [0.15, 0.2) is 6.07 Å². The van der Waals surface area contributed by atoms with Gasteiger partial charge in [0, 0.05) is 36.1 Å². The number of halogens is 2. The van der Waals surface area contributed by atoms with Gasteiger partial charge in [-0.1, -0.05) is 11.6 Å². The SMILES string of the molecule is CCOc1c([C@H](C)NN)cc(Cl)c(F)c1[C@H]1CCNC(=O)C1. The first-order chi connectivity index (χ1) is 10.5. The van der Waals surface area contributed by atoms with Crippen molar-refractivity contribution in [2.75, 3.05) is 13.2 Å². The van der Waals surface area contributed by atoms with E-state index in [4.69, 9.17) is 22.2 Å². The molecule has 5 nitrogen and oxygen atoms in total. The number of piperidine rings is 1. The number of hydrogen-bond acceptors (Lipinski definition) is 4. The molecule has 22 heavy (non-hydrogen) atoms. The van der Waals surface area contributed by atoms with Crippen molar-refractivity contribution in [3.05, 3.63) is 28.0 Å². The van der Waals surface area contributed by atoms with E-state index in [-0.39, 0.29) is 29.3 Å². The molecule has 4 N–H and O–H groups in total. The quantitative estimate of drug-likeness (QED) is 0.572. The van der Waals surface area contributed by atoms with E-state index >= 15 is 0 Å². The van der Waals surface area contributed by atoms with Crippen molar-refractivity contribution in [2.24, 2.45) is 5.84 Å². The molecule has 0 radical (unpaired) electrons. The number of hydrazine groups is 1. The minimum Gasteiger partial charge on any atom is -0.493 e. The van der Waals surface area contributed by atoms with Crippen LogP contribution in [0.4, 0.5) is 4.39 Å². The number of ether oxygens (including phenoxy) is 1. The van der Waals surface area contributed by atoms with Crippen LogP contribution in [-0.4, -0.2) is 19.1 Å². The summed E-state index contributed by atoms with van der Waals surface area (Å²) in [5, 5.41) is 2.76. The Morgan fingerprint density at radius 2 is 2.36 bits per heavy atom. The first kappa shape index (κ1) is 17.0. The molecular weight excluding hydrogens is 309 g/mol. The van der Waals surface area contributed by atoms with E-state index in [1.54, 1.807) is 0 Å². The minimum absolute atomic E-state index is 0.0153. The third-order valence-electron chi connectivity index (χ3n) is 3.90. The van der Waals surface area contributed by atoms with Crippen molar-refractivity contribution < 1.29 is 13.9 Å². The van der Waals surface area contributed by atoms with Crippen LogP contribution in [0.25, 0.3) is 0 Å². The molecule has 0 aromatic heterocycles. The molecule has 0 saturated carbocycles. The lowest BCUT2D eigenvalue weighted by molar-refractivity contribution is -0.122. The van der Waals surface area contributed by atoms with E-state index in [2.05, 4.69) is 10.7 Å². The Balaban J connectivity index is 2.57. The van der Waals surface area contributed by atoms with E-state index in [1.165, 1.54) is 6.07 Å². The van der Waals surface area contributed by atoms with Gasteiger partial charge in [0.2, 0.25) is 5.91 Å². The van der Waals surface area contributed by atoms with Gasteiger partial charge in [0.1, 0.15) is 11.6 Å². The molecule has 1 aliphatic heterocycles. The number of rotatable bonds is 5. The third-order valence-corrected chi connectivity index (χ3v) is 4.17. The lowest BCUT2D eigenvalue weighted by atomic mass is 9.86. The fourth-order valence-corrected chi connectivity index (χ4v) is 2.98. The minimum atomic E-state index is -0.516. The molecule has 1 amide bonds. The van der Waals surface area contributed by atoms with Gasteiger partial charge in [0.15, 0.2) is 0 Å². The Bertz CT molecular complexity index is 568. The number of carbonyl (C=O) groups excluding carboxylic acids is 1. The number of nitrogens with two attached hydrogens (primary N) is 1. The van der Waals surface area contributed by atoms with Gasteiger partial charge < -0.3 is 10.1 Å². The van der Waals surface area contributed by atoms with Crippen molar-refractivity contribution in [1.82, 2.24) is 10.7 Å². The molecule has 1 aromatic rings. The maximum absolute atomic E-state index is 14.6. The van der Waals surface area contributed by atoms with Crippen molar-refractivity contribution in [2.45, 2.75) is 38.6 Å². The van der Waals surface area contributed by atoms with Gasteiger partial charge in [0.05, 0.1) is 11.6 Å². The zero-order chi connectivity index (χ0) is 16.3. The van der Waals surface area contributed by atoms with E-state index in [9.17, 15) is 9.18 Å². The van der Waals surface area contributed by atoms with Crippen LogP contribution in [0, 0.1) is 5.82 Å². The van der Waals surface area contributed by atoms with Crippen LogP contribution in [0.2, 0.25) is 5.02 Å². The molecule has 0 aliphatic carbocycles. The Kier molecular flexibility index (Phi) is 5.61. The highest BCUT2D eigenvalue weighted by atomic mass is 35.5. The Labute approximate surface area is 134 Å². The van der Waals surface area contributed by atoms with Gasteiger partial charge in [0.25, 0.3) is 0 Å². The lowest BCUT2D eigenvalue weighted by Crippen LogP contribution is -2.33. The van der Waals surface area contributed by atoms with Gasteiger partial charge in [-0.15, -0.1) is 0 Å². The fraction of sp³-hybridized carbons (Fsp3) is 0.533. The van der Waals surface area contributed by atoms with Crippen LogP contribution >= 0.6 is 11.6 Å². The second kappa shape index (κ2) is 7.26. The van der Waals surface area contributed by atoms with Gasteiger partial charge in [-0.05, 0) is 26.3 Å². The number of nitrogens with one attached hydrogen (secondary N) is 2. The summed E-state index contributed by atoms with van der Waals surface area (Å²) in [6.45, 7) is 4.57. The topological polar surface area (TPSA) is 76.4 Å². The maximum Gasteiger partial charge on any atom is 0.220 e. The molecule has 0 bridgehead atoms. The highest BCUT2D eigenvalue weighted by Crippen LogP contribution is 2.42. The molecule has 1 aromatic carbocycles. The summed E-state index contributed by atoms with van der Waals surface area (Å²) in [4.78, 5) is 11.6. The number of carbonyl (C=O) groups is 1. The highest BCUT2D eigenvalue weighted by Gasteiger charge is 2.30. The fourth-order valence-electron chi connectivity index (χ4n) is 2.76. The van der Waals surface area contributed by atoms with Crippen molar-refractivity contribution >= 4 is 17.5 Å². The molecule has 0 spiro atoms. The van der Waals surface area contributed by atoms with Crippen LogP contribution in [0.3, 0.4) is 0 Å². The van der Waals surface area contributed by atoms with Crippen LogP contribution in [0.5, 0.6) is 5.75 Å². The van der Waals surface area contributed by atoms with Crippen LogP contribution in [0.1, 0.15) is 49.8 Å². The summed E-state index contributed by atoms with van der Waals surface area (Å²) in [5.41, 5.74) is 3.69. The molecule has 0 unspecified atom stereocenters. The molecule has 2 atom stereocenters. The van der Waals surface area contributed by atoms with Crippen molar-refractivity contribution in [3.8, 4) is 5.75 Å². The van der Waals surface area contributed by atoms with E-state index in [0.717, 1.165) is 0 Å². The largest absolute Gasteiger partial charge is 0.493 e. The van der Waals surface area contributed by atoms with E-state index in [1.807, 2.05) is 13.8 Å². The summed E-state index contributed by atoms with van der Waals surface area (Å²) < 4.78 is 20.3. The van der Waals surface area contributed by atoms with Crippen LogP contribution < -0.4 is 21.3 Å². The summed E-state index contributed by atoms with van der Waals surface area (Å²) in [6, 6.07) is 1.27. The zero-order valence-corrected chi connectivity index (χ0v) is 13.5. The summed E-state index contributed by atoms with van der Waals surface area (Å²) in [6.07, 6.45) is 0.869. The van der Waals surface area contributed by atoms with E-state index < -0.39 is 5.82 Å². The predicted molar refractivity (Wildman–Crippen MR) is 83.3 cm³/mol. The predicted octanol–water partition coefficient (Wildman–Crippen LogP) is 2.40. The third kappa shape index (κ3) is 3.34. The first-order valence-corrected chi connectivity index (χ1v) is 7.74. The smallest absolute Gasteiger partial charge is 0.220 e. The van der Waals surface area contributed by atoms with E-state index in [0.29, 0.717) is 36.4 Å². The first-order valence-electron chi connectivity index (χ1n) is 7.36. The second-order valence-electron chi connectivity index (χ2n) is 5.37. The summed E-state index contributed by atoms with van der Waals surface area (Å²) >= 11 is 6.05. The maximum atomic E-state index is 14.6. The molecule has 1 aliphatic rings. The average molecular weight is 330 g/mol. The standard InChI is InChI=1S/C15H21ClFN3O2/c1-3-22-15-10(8(2)20-18)7-11(16)14(17)13(15)9-4-5-19-12(21)6-9/h7-9,20H,3-6,18H2,1-2H3,(H,19,21)/t8-,9-/m0/s1. The number of benzene rings is 1. The van der Waals surface area contributed by atoms with Crippen molar-refractivity contribution in [3.63, 3.8) is 0 Å². The number of hydrogen-bond donors (Lipinski definition) is 3. The zero-order valence-electron chi connectivity index (χ0n) is 12.7. The molecule has 2 rings (SSSR count). The average Bonchev–Trinajstić information content (AvgIpc) is 2.50. The molecule has 122 valence electrons. The van der Waals surface area contributed by atoms with Gasteiger partial charge in [-0.25, -0.2) is 4.39 Å². The second-order valence-corrected chi connectivity index (χ2v) is 5.77. The highest BCUT2D eigenvalue weighted by molar-refractivity contribution is 6.31. The van der Waals surface area contributed by atoms with Crippen molar-refractivity contribution in [1.29, 1.82) is 0 Å². The molecule has 1 heterocycles. The Hall–Kier alpha value is -1.37. The van der Waals surface area contributed by atoms with Gasteiger partial charge in [-0.3, -0.25) is 16.1 Å². The monoisotopic (exact) mass is 329 g/mol. The summed E-state index contributed by atoms with van der Waals surface area (Å²) in [7, 11) is 0. The Morgan fingerprint density at radius 1 is 1.64 bits per heavy atom. The molecule has 7 heteroatoms. The van der Waals surface area contributed by atoms with Gasteiger partial charge in [-0.2, -0.15) is 0 Å². The molecular formula is C15H21ClFN3O2. The van der Waals surface area contributed by atoms with Crippen LogP contribution in [-0.2, 0) is 4.79 Å². The normalized spacial score (nSPS) is 19.7. The lowest BCUT2D eigenvalue weighted by Gasteiger charge is -2.27. The Morgan fingerprint density at radius 3 is 2.95 bits per heavy atom. The van der Waals surface area contributed by atoms with Gasteiger partial charge >= 0.3 is 0 Å². The molecule has 1 saturated heterocycles. The summed E-state index contributed by atoms with van der Waals surface area (Å²) in [5.74, 6) is 5.08. The number of amides is 1. The molecule has 1 fully saturated rings.